The number of carbonyl (C=O) groups is 2. The lowest BCUT2D eigenvalue weighted by molar-refractivity contribution is -0.870. The highest BCUT2D eigenvalue weighted by atomic mass is 16.7. The molecule has 1 amide bonds. The number of unbranched alkanes of at least 4 members (excludes halogenated alkanes) is 1. The zero-order chi connectivity index (χ0) is 28.8. The zero-order valence-electron chi connectivity index (χ0n) is 25.4. The van der Waals surface area contributed by atoms with Crippen LogP contribution < -0.4 is 9.47 Å². The fourth-order valence-corrected chi connectivity index (χ4v) is 6.29. The minimum absolute atomic E-state index is 0.0231. The van der Waals surface area contributed by atoms with Crippen LogP contribution in [0.25, 0.3) is 0 Å². The van der Waals surface area contributed by atoms with Crippen molar-refractivity contribution in [1.82, 2.24) is 9.80 Å². The standard InChI is InChI=1S/C31H51N3O5/c1-8-10-15-32(16-11-17-34(5,6)7)28(35)21-33-20-24(23-12-13-26-27(18-23)39-22-38-26)29(30(36)37)25(33)19-31(3,4)14-9-2/h12-13,18,24-25,29H,8-11,14-17,19-22H2,1-7H3/p+1/t24-,25+,29?/m1/s1. The van der Waals surface area contributed by atoms with Gasteiger partial charge >= 0.3 is 5.97 Å². The molecule has 0 aliphatic carbocycles. The minimum Gasteiger partial charge on any atom is -0.481 e. The number of amides is 1. The van der Waals surface area contributed by atoms with Crippen molar-refractivity contribution in [1.29, 1.82) is 0 Å². The molecule has 2 aliphatic heterocycles. The van der Waals surface area contributed by atoms with E-state index in [1.54, 1.807) is 0 Å². The third-order valence-electron chi connectivity index (χ3n) is 8.28. The number of hydrogen-bond donors (Lipinski definition) is 1. The second kappa shape index (κ2) is 13.4. The highest BCUT2D eigenvalue weighted by Gasteiger charge is 2.49. The topological polar surface area (TPSA) is 79.3 Å². The number of carboxylic acid groups (broad SMARTS) is 1. The number of likely N-dealkylation sites (tertiary alicyclic amines) is 1. The molecule has 8 nitrogen and oxygen atoms in total. The van der Waals surface area contributed by atoms with Gasteiger partial charge in [0.2, 0.25) is 12.7 Å². The van der Waals surface area contributed by atoms with Crippen molar-refractivity contribution < 1.29 is 28.7 Å². The van der Waals surface area contributed by atoms with Crippen molar-refractivity contribution in [2.24, 2.45) is 11.3 Å². The molecule has 2 aliphatic rings. The molecule has 2 heterocycles. The van der Waals surface area contributed by atoms with Crippen LogP contribution in [0.5, 0.6) is 11.5 Å². The van der Waals surface area contributed by atoms with Gasteiger partial charge in [-0.1, -0.05) is 46.6 Å². The van der Waals surface area contributed by atoms with Crippen LogP contribution in [-0.2, 0) is 9.59 Å². The lowest BCUT2D eigenvalue weighted by atomic mass is 9.76. The summed E-state index contributed by atoms with van der Waals surface area (Å²) in [4.78, 5) is 30.8. The average Bonchev–Trinajstić information content (AvgIpc) is 3.44. The van der Waals surface area contributed by atoms with Gasteiger partial charge < -0.3 is 24.0 Å². The van der Waals surface area contributed by atoms with Crippen molar-refractivity contribution in [3.05, 3.63) is 23.8 Å². The zero-order valence-corrected chi connectivity index (χ0v) is 25.4. The van der Waals surface area contributed by atoms with Crippen molar-refractivity contribution in [2.75, 3.05) is 60.7 Å². The number of aliphatic carboxylic acids is 1. The number of ether oxygens (including phenoxy) is 2. The number of rotatable bonds is 15. The fourth-order valence-electron chi connectivity index (χ4n) is 6.29. The van der Waals surface area contributed by atoms with Gasteiger partial charge in [0.15, 0.2) is 11.5 Å². The van der Waals surface area contributed by atoms with Crippen LogP contribution in [0.2, 0.25) is 0 Å². The van der Waals surface area contributed by atoms with E-state index in [2.05, 4.69) is 53.7 Å². The van der Waals surface area contributed by atoms with Gasteiger partial charge in [-0.15, -0.1) is 0 Å². The molecule has 0 saturated carbocycles. The van der Waals surface area contributed by atoms with E-state index in [4.69, 9.17) is 9.47 Å². The first-order valence-electron chi connectivity index (χ1n) is 14.8. The van der Waals surface area contributed by atoms with Crippen LogP contribution >= 0.6 is 0 Å². The van der Waals surface area contributed by atoms with Gasteiger partial charge in [0.1, 0.15) is 0 Å². The minimum atomic E-state index is -0.796. The Morgan fingerprint density at radius 3 is 2.41 bits per heavy atom. The van der Waals surface area contributed by atoms with E-state index in [1.807, 2.05) is 23.1 Å². The Morgan fingerprint density at radius 1 is 1.08 bits per heavy atom. The number of benzene rings is 1. The summed E-state index contributed by atoms with van der Waals surface area (Å²) in [5, 5.41) is 10.5. The maximum atomic E-state index is 13.8. The number of fused-ring (bicyclic) bond motifs is 1. The lowest BCUT2D eigenvalue weighted by Gasteiger charge is -2.35. The van der Waals surface area contributed by atoms with Gasteiger partial charge in [-0.25, -0.2) is 0 Å². The molecular formula is C31H52N3O5+. The summed E-state index contributed by atoms with van der Waals surface area (Å²) < 4.78 is 12.0. The highest BCUT2D eigenvalue weighted by molar-refractivity contribution is 5.79. The van der Waals surface area contributed by atoms with Crippen molar-refractivity contribution in [3.63, 3.8) is 0 Å². The summed E-state index contributed by atoms with van der Waals surface area (Å²) in [6, 6.07) is 5.55. The molecule has 3 atom stereocenters. The molecule has 3 rings (SSSR count). The third kappa shape index (κ3) is 8.58. The van der Waals surface area contributed by atoms with E-state index < -0.39 is 11.9 Å². The molecule has 1 aromatic carbocycles. The van der Waals surface area contributed by atoms with Crippen LogP contribution in [0, 0.1) is 11.3 Å². The Kier molecular flexibility index (Phi) is 10.7. The normalized spacial score (nSPS) is 21.4. The van der Waals surface area contributed by atoms with Crippen LogP contribution in [0.15, 0.2) is 18.2 Å². The summed E-state index contributed by atoms with van der Waals surface area (Å²) in [6.45, 7) is 12.2. The quantitative estimate of drug-likeness (QED) is 0.318. The molecule has 0 radical (unpaired) electrons. The first-order chi connectivity index (χ1) is 18.3. The number of carboxylic acids is 1. The molecule has 39 heavy (non-hydrogen) atoms. The van der Waals surface area contributed by atoms with Crippen molar-refractivity contribution in [3.8, 4) is 11.5 Å². The molecule has 220 valence electrons. The molecule has 8 heteroatoms. The Morgan fingerprint density at radius 2 is 1.77 bits per heavy atom. The molecule has 1 aromatic rings. The second-order valence-corrected chi connectivity index (χ2v) is 13.3. The molecule has 1 unspecified atom stereocenters. The maximum absolute atomic E-state index is 13.8. The summed E-state index contributed by atoms with van der Waals surface area (Å²) in [5.74, 6) is -0.158. The van der Waals surface area contributed by atoms with E-state index in [1.165, 1.54) is 0 Å². The van der Waals surface area contributed by atoms with E-state index in [0.717, 1.165) is 68.2 Å². The van der Waals surface area contributed by atoms with Crippen LogP contribution in [0.3, 0.4) is 0 Å². The van der Waals surface area contributed by atoms with Crippen LogP contribution in [-0.4, -0.2) is 98.0 Å². The third-order valence-corrected chi connectivity index (χ3v) is 8.28. The Hall–Kier alpha value is -2.32. The largest absolute Gasteiger partial charge is 0.481 e. The smallest absolute Gasteiger partial charge is 0.308 e. The molecule has 0 aromatic heterocycles. The number of carbonyl (C=O) groups excluding carboxylic acids is 1. The number of nitrogens with zero attached hydrogens (tertiary/aromatic N) is 3. The molecule has 1 fully saturated rings. The van der Waals surface area contributed by atoms with Crippen molar-refractivity contribution in [2.45, 2.75) is 78.2 Å². The Labute approximate surface area is 235 Å². The number of hydrogen-bond acceptors (Lipinski definition) is 5. The summed E-state index contributed by atoms with van der Waals surface area (Å²) in [7, 11) is 6.52. The first-order valence-corrected chi connectivity index (χ1v) is 14.8. The van der Waals surface area contributed by atoms with E-state index >= 15 is 0 Å². The molecular weight excluding hydrogens is 494 g/mol. The predicted molar refractivity (Wildman–Crippen MR) is 154 cm³/mol. The fraction of sp³-hybridized carbons (Fsp3) is 0.742. The summed E-state index contributed by atoms with van der Waals surface area (Å²) >= 11 is 0. The van der Waals surface area contributed by atoms with Crippen molar-refractivity contribution >= 4 is 11.9 Å². The van der Waals surface area contributed by atoms with Gasteiger partial charge in [-0.2, -0.15) is 0 Å². The lowest BCUT2D eigenvalue weighted by Crippen LogP contribution is -2.46. The van der Waals surface area contributed by atoms with E-state index in [-0.39, 0.29) is 36.6 Å². The molecule has 1 saturated heterocycles. The van der Waals surface area contributed by atoms with Gasteiger partial charge in [-0.05, 0) is 42.4 Å². The van der Waals surface area contributed by atoms with Crippen LogP contribution in [0.1, 0.15) is 77.7 Å². The Bertz CT molecular complexity index is 973. The number of quaternary nitrogens is 1. The molecule has 0 spiro atoms. The Balaban J connectivity index is 1.87. The van der Waals surface area contributed by atoms with Gasteiger partial charge in [0.25, 0.3) is 0 Å². The monoisotopic (exact) mass is 546 g/mol. The maximum Gasteiger partial charge on any atom is 0.308 e. The van der Waals surface area contributed by atoms with E-state index in [0.29, 0.717) is 18.0 Å². The predicted octanol–water partition coefficient (Wildman–Crippen LogP) is 4.83. The van der Waals surface area contributed by atoms with Gasteiger partial charge in [0, 0.05) is 38.0 Å². The van der Waals surface area contributed by atoms with Crippen LogP contribution in [0.4, 0.5) is 0 Å². The first kappa shape index (κ1) is 31.2. The SMILES string of the molecule is CCCCN(CCC[N+](C)(C)C)C(=O)CN1C[C@H](c2ccc3c(c2)OCO3)C(C(=O)O)[C@@H]1CC(C)(C)CCC. The average molecular weight is 547 g/mol. The molecule has 1 N–H and O–H groups in total. The summed E-state index contributed by atoms with van der Waals surface area (Å²) in [5.41, 5.74) is 0.913. The van der Waals surface area contributed by atoms with Gasteiger partial charge in [0.05, 0.1) is 40.2 Å². The van der Waals surface area contributed by atoms with Gasteiger partial charge in [-0.3, -0.25) is 14.5 Å². The highest BCUT2D eigenvalue weighted by Crippen LogP contribution is 2.45. The molecule has 0 bridgehead atoms. The summed E-state index contributed by atoms with van der Waals surface area (Å²) in [6.07, 6.45) is 5.75. The van der Waals surface area contributed by atoms with E-state index in [9.17, 15) is 14.7 Å². The second-order valence-electron chi connectivity index (χ2n) is 13.3.